The predicted molar refractivity (Wildman–Crippen MR) is 8.88 cm³/mol. The average molecular weight is 169 g/mol. The maximum atomic E-state index is 7.36. The second-order valence-electron chi connectivity index (χ2n) is 0.424. The van der Waals surface area contributed by atoms with Crippen molar-refractivity contribution in [2.75, 3.05) is 0 Å². The van der Waals surface area contributed by atoms with Gasteiger partial charge in [0.2, 0.25) is 0 Å². The zero-order valence-electron chi connectivity index (χ0n) is 2.14. The second kappa shape index (κ2) is 1.28. The van der Waals surface area contributed by atoms with Crippen LogP contribution in [0.3, 0.4) is 0 Å². The van der Waals surface area contributed by atoms with E-state index in [1.54, 1.807) is 0 Å². The first kappa shape index (κ1) is 5.46. The van der Waals surface area contributed by atoms with E-state index in [2.05, 4.69) is 0 Å². The van der Waals surface area contributed by atoms with Crippen molar-refractivity contribution in [1.29, 1.82) is 0 Å². The summed E-state index contributed by atoms with van der Waals surface area (Å²) in [6.07, 6.45) is 0. The van der Waals surface area contributed by atoms with Crippen LogP contribution < -0.4 is 0 Å². The summed E-state index contributed by atoms with van der Waals surface area (Å²) in [5, 5.41) is 0. The van der Waals surface area contributed by atoms with E-state index in [4.69, 9.17) is 15.7 Å². The van der Waals surface area contributed by atoms with Crippen LogP contribution in [0, 0.1) is 0 Å². The van der Waals surface area contributed by atoms with Crippen molar-refractivity contribution in [3.63, 3.8) is 0 Å². The summed E-state index contributed by atoms with van der Waals surface area (Å²) in [5.74, 6) is 0. The zero-order valence-corrected chi connectivity index (χ0v) is 3.88. The van der Waals surface area contributed by atoms with Crippen molar-refractivity contribution in [2.45, 2.75) is 0 Å². The van der Waals surface area contributed by atoms with Gasteiger partial charge >= 0.3 is 31.9 Å². The quantitative estimate of drug-likeness (QED) is 0.309. The van der Waals surface area contributed by atoms with Crippen molar-refractivity contribution >= 4 is 0 Å². The van der Waals surface area contributed by atoms with Crippen LogP contribution in [0.4, 0.5) is 0 Å². The van der Waals surface area contributed by atoms with Crippen LogP contribution in [0.25, 0.3) is 0 Å². The molecule has 5 heteroatoms. The monoisotopic (exact) mass is 170 g/mol. The molecule has 0 fully saturated rings. The zero-order chi connectivity index (χ0) is 4.50. The van der Waals surface area contributed by atoms with Gasteiger partial charge in [0.05, 0.1) is 0 Å². The van der Waals surface area contributed by atoms with E-state index in [-0.39, 0.29) is 0 Å². The molecule has 0 aliphatic rings. The van der Waals surface area contributed by atoms with E-state index in [9.17, 15) is 0 Å². The Hall–Kier alpha value is 0.463. The summed E-state index contributed by atoms with van der Waals surface area (Å²) in [5.41, 5.74) is 0. The van der Waals surface area contributed by atoms with Gasteiger partial charge in [0.15, 0.2) is 0 Å². The van der Waals surface area contributed by atoms with Gasteiger partial charge < -0.3 is 0 Å². The molecular formula is H4O4Ru. The Morgan fingerprint density at radius 2 is 0.800 bits per heavy atom. The Morgan fingerprint density at radius 3 is 0.800 bits per heavy atom. The Labute approximate surface area is 32.7 Å². The average Bonchev–Trinajstić information content (AvgIpc) is 0.722. The predicted octanol–water partition coefficient (Wildman–Crippen LogP) is -2.23. The van der Waals surface area contributed by atoms with Crippen LogP contribution in [-0.2, 0) is 16.2 Å². The van der Waals surface area contributed by atoms with Gasteiger partial charge in [-0.2, -0.15) is 0 Å². The Morgan fingerprint density at radius 1 is 0.800 bits per heavy atom. The maximum absolute atomic E-state index is 7.36. The first-order valence-corrected chi connectivity index (χ1v) is 3.74. The Kier molecular flexibility index (Phi) is 1.40. The van der Waals surface area contributed by atoms with E-state index in [0.29, 0.717) is 0 Å². The molecule has 0 amide bonds. The Bertz CT molecular complexity index is 19.1. The topological polar surface area (TPSA) is 80.9 Å². The van der Waals surface area contributed by atoms with Crippen LogP contribution in [0.2, 0.25) is 0 Å². The van der Waals surface area contributed by atoms with Crippen molar-refractivity contribution in [3.8, 4) is 0 Å². The third-order valence-corrected chi connectivity index (χ3v) is 0. The summed E-state index contributed by atoms with van der Waals surface area (Å²) >= 11 is -4.86. The van der Waals surface area contributed by atoms with Crippen LogP contribution in [0.5, 0.6) is 0 Å². The van der Waals surface area contributed by atoms with Gasteiger partial charge in [-0.25, -0.2) is 0 Å². The molecule has 0 aromatic heterocycles. The molecule has 4 N–H and O–H groups in total. The van der Waals surface area contributed by atoms with Crippen molar-refractivity contribution < 1.29 is 31.9 Å². The fourth-order valence-electron chi connectivity index (χ4n) is 0. The van der Waals surface area contributed by atoms with E-state index in [1.165, 1.54) is 0 Å². The fraction of sp³-hybridized carbons (Fsp3) is 0. The van der Waals surface area contributed by atoms with Gasteiger partial charge in [-0.1, -0.05) is 0 Å². The summed E-state index contributed by atoms with van der Waals surface area (Å²) in [7, 11) is 0. The molecule has 0 aliphatic heterocycles. The van der Waals surface area contributed by atoms with E-state index in [0.717, 1.165) is 0 Å². The van der Waals surface area contributed by atoms with Crippen molar-refractivity contribution in [3.05, 3.63) is 0 Å². The molecule has 5 heavy (non-hydrogen) atoms. The molecule has 0 aromatic rings. The van der Waals surface area contributed by atoms with E-state index < -0.39 is 16.2 Å². The molecule has 0 unspecified atom stereocenters. The number of rotatable bonds is 0. The molecule has 0 aliphatic carbocycles. The van der Waals surface area contributed by atoms with Crippen LogP contribution in [0.1, 0.15) is 0 Å². The van der Waals surface area contributed by atoms with Crippen molar-refractivity contribution in [1.82, 2.24) is 0 Å². The molecule has 0 saturated carbocycles. The standard InChI is InChI=1S/4H2O.Ru/h4*1H2;/q;;;;+4/p-4. The number of hydrogen-bond donors (Lipinski definition) is 4. The number of hydrogen-bond acceptors (Lipinski definition) is 4. The molecule has 0 saturated heterocycles. The first-order chi connectivity index (χ1) is 2.00. The van der Waals surface area contributed by atoms with Crippen LogP contribution in [-0.4, -0.2) is 15.7 Å². The normalized spacial score (nSPS) is 15.2. The summed E-state index contributed by atoms with van der Waals surface area (Å²) < 4.78 is 29.4. The molecular weight excluding hydrogens is 165 g/mol. The van der Waals surface area contributed by atoms with Crippen molar-refractivity contribution in [2.24, 2.45) is 0 Å². The minimum absolute atomic E-state index is 4.86. The molecule has 0 heterocycles. The molecule has 0 spiro atoms. The van der Waals surface area contributed by atoms with Crippen LogP contribution >= 0.6 is 0 Å². The van der Waals surface area contributed by atoms with Gasteiger partial charge in [0.1, 0.15) is 0 Å². The molecule has 36 valence electrons. The van der Waals surface area contributed by atoms with Gasteiger partial charge in [0, 0.05) is 0 Å². The third-order valence-electron chi connectivity index (χ3n) is 0. The molecule has 0 radical (unpaired) electrons. The second-order valence-corrected chi connectivity index (χ2v) is 2.51. The van der Waals surface area contributed by atoms with E-state index >= 15 is 0 Å². The molecule has 0 atom stereocenters. The summed E-state index contributed by atoms with van der Waals surface area (Å²) in [6.45, 7) is 0. The summed E-state index contributed by atoms with van der Waals surface area (Å²) in [6, 6.07) is 0. The van der Waals surface area contributed by atoms with Crippen LogP contribution in [0.15, 0.2) is 0 Å². The first-order valence-electron chi connectivity index (χ1n) is 0.632. The van der Waals surface area contributed by atoms with E-state index in [1.807, 2.05) is 0 Å². The van der Waals surface area contributed by atoms with Gasteiger partial charge in [-0.3, -0.25) is 0 Å². The minimum atomic E-state index is -4.86. The summed E-state index contributed by atoms with van der Waals surface area (Å²) in [4.78, 5) is 0. The molecule has 0 aromatic carbocycles. The Balaban J connectivity index is 3.02. The molecule has 4 nitrogen and oxygen atoms in total. The fourth-order valence-corrected chi connectivity index (χ4v) is 0. The van der Waals surface area contributed by atoms with Gasteiger partial charge in [-0.05, 0) is 0 Å². The SMILES string of the molecule is [OH][Ru]([OH])([OH])[OH]. The third kappa shape index (κ3) is 126. The molecule has 0 bridgehead atoms. The molecule has 0 rings (SSSR count). The van der Waals surface area contributed by atoms with Gasteiger partial charge in [0.25, 0.3) is 0 Å². The van der Waals surface area contributed by atoms with Gasteiger partial charge in [-0.15, -0.1) is 0 Å².